The third kappa shape index (κ3) is 2.77. The van der Waals surface area contributed by atoms with Gasteiger partial charge < -0.3 is 15.2 Å². The van der Waals surface area contributed by atoms with E-state index in [4.69, 9.17) is 0 Å². The maximum atomic E-state index is 4.61. The molecule has 22 heavy (non-hydrogen) atoms. The molecule has 3 aromatic heterocycles. The van der Waals surface area contributed by atoms with E-state index in [1.165, 1.54) is 0 Å². The molecule has 4 heterocycles. The second kappa shape index (κ2) is 6.34. The van der Waals surface area contributed by atoms with Gasteiger partial charge in [0.15, 0.2) is 0 Å². The van der Waals surface area contributed by atoms with Crippen molar-refractivity contribution < 1.29 is 0 Å². The molecule has 1 aliphatic heterocycles. The van der Waals surface area contributed by atoms with E-state index in [-0.39, 0.29) is 12.4 Å². The van der Waals surface area contributed by atoms with E-state index >= 15 is 0 Å². The van der Waals surface area contributed by atoms with Gasteiger partial charge in [-0.15, -0.1) is 12.4 Å². The Morgan fingerprint density at radius 1 is 0.955 bits per heavy atom. The highest BCUT2D eigenvalue weighted by atomic mass is 35.5. The molecule has 5 nitrogen and oxygen atoms in total. The summed E-state index contributed by atoms with van der Waals surface area (Å²) in [6.45, 7) is 4.08. The first-order valence-corrected chi connectivity index (χ1v) is 7.25. The number of aromatic nitrogens is 3. The summed E-state index contributed by atoms with van der Waals surface area (Å²) >= 11 is 0. The van der Waals surface area contributed by atoms with Gasteiger partial charge in [-0.2, -0.15) is 0 Å². The average molecular weight is 316 g/mol. The predicted octanol–water partition coefficient (Wildman–Crippen LogP) is 2.46. The highest BCUT2D eigenvalue weighted by Crippen LogP contribution is 2.23. The third-order valence-electron chi connectivity index (χ3n) is 3.92. The molecule has 0 radical (unpaired) electrons. The smallest absolute Gasteiger partial charge is 0.137 e. The fourth-order valence-corrected chi connectivity index (χ4v) is 2.74. The molecule has 2 N–H and O–H groups in total. The van der Waals surface area contributed by atoms with Gasteiger partial charge in [0.25, 0.3) is 0 Å². The van der Waals surface area contributed by atoms with Gasteiger partial charge in [0.2, 0.25) is 0 Å². The van der Waals surface area contributed by atoms with E-state index in [1.54, 1.807) is 0 Å². The normalized spacial score (nSPS) is 14.8. The molecule has 0 aromatic carbocycles. The van der Waals surface area contributed by atoms with Crippen LogP contribution in [0.2, 0.25) is 0 Å². The summed E-state index contributed by atoms with van der Waals surface area (Å²) in [5, 5.41) is 4.48. The van der Waals surface area contributed by atoms with Crippen molar-refractivity contribution in [3.8, 4) is 11.1 Å². The largest absolute Gasteiger partial charge is 0.354 e. The zero-order valence-corrected chi connectivity index (χ0v) is 12.9. The number of anilines is 1. The Bertz CT molecular complexity index is 747. The van der Waals surface area contributed by atoms with Crippen molar-refractivity contribution >= 4 is 29.3 Å². The number of halogens is 1. The Morgan fingerprint density at radius 2 is 1.77 bits per heavy atom. The lowest BCUT2D eigenvalue weighted by molar-refractivity contribution is 0.585. The minimum Gasteiger partial charge on any atom is -0.354 e. The Kier molecular flexibility index (Phi) is 4.27. The van der Waals surface area contributed by atoms with E-state index in [0.29, 0.717) is 0 Å². The van der Waals surface area contributed by atoms with Crippen LogP contribution >= 0.6 is 12.4 Å². The SMILES string of the molecule is Cl.c1cc2cc(-c3ccc(N4CCNCC4)nc3)cnc2[nH]1. The summed E-state index contributed by atoms with van der Waals surface area (Å²) in [5.74, 6) is 1.05. The molecule has 0 aliphatic carbocycles. The number of piperazine rings is 1. The van der Waals surface area contributed by atoms with Gasteiger partial charge in [0.1, 0.15) is 11.5 Å². The highest BCUT2D eigenvalue weighted by molar-refractivity contribution is 5.85. The lowest BCUT2D eigenvalue weighted by Crippen LogP contribution is -2.43. The van der Waals surface area contributed by atoms with Crippen molar-refractivity contribution in [2.24, 2.45) is 0 Å². The first-order chi connectivity index (χ1) is 10.4. The molecule has 0 bridgehead atoms. The molecule has 1 saturated heterocycles. The van der Waals surface area contributed by atoms with Gasteiger partial charge in [-0.3, -0.25) is 0 Å². The monoisotopic (exact) mass is 315 g/mol. The van der Waals surface area contributed by atoms with E-state index < -0.39 is 0 Å². The van der Waals surface area contributed by atoms with Gasteiger partial charge in [0, 0.05) is 61.3 Å². The minimum atomic E-state index is 0. The lowest BCUT2D eigenvalue weighted by Gasteiger charge is -2.28. The van der Waals surface area contributed by atoms with Crippen molar-refractivity contribution in [2.75, 3.05) is 31.1 Å². The Morgan fingerprint density at radius 3 is 2.55 bits per heavy atom. The highest BCUT2D eigenvalue weighted by Gasteiger charge is 2.11. The number of fused-ring (bicyclic) bond motifs is 1. The topological polar surface area (TPSA) is 56.8 Å². The zero-order valence-electron chi connectivity index (χ0n) is 12.1. The molecule has 1 fully saturated rings. The number of hydrogen-bond donors (Lipinski definition) is 2. The summed E-state index contributed by atoms with van der Waals surface area (Å²) in [4.78, 5) is 14.5. The summed E-state index contributed by atoms with van der Waals surface area (Å²) in [6.07, 6.45) is 5.74. The van der Waals surface area contributed by atoms with Gasteiger partial charge in [0.05, 0.1) is 0 Å². The van der Waals surface area contributed by atoms with Crippen LogP contribution in [0.4, 0.5) is 5.82 Å². The van der Waals surface area contributed by atoms with Crippen molar-refractivity contribution in [2.45, 2.75) is 0 Å². The van der Waals surface area contributed by atoms with E-state index in [1.807, 2.05) is 24.7 Å². The summed E-state index contributed by atoms with van der Waals surface area (Å²) in [6, 6.07) is 8.40. The predicted molar refractivity (Wildman–Crippen MR) is 91.7 cm³/mol. The van der Waals surface area contributed by atoms with Crippen molar-refractivity contribution in [3.05, 3.63) is 42.9 Å². The fraction of sp³-hybridized carbons (Fsp3) is 0.250. The number of aromatic amines is 1. The Balaban J connectivity index is 0.00000144. The van der Waals surface area contributed by atoms with Crippen LogP contribution in [0.5, 0.6) is 0 Å². The molecular weight excluding hydrogens is 298 g/mol. The van der Waals surface area contributed by atoms with Crippen LogP contribution in [0.1, 0.15) is 0 Å². The van der Waals surface area contributed by atoms with Crippen LogP contribution in [-0.4, -0.2) is 41.1 Å². The van der Waals surface area contributed by atoms with Crippen molar-refractivity contribution in [1.29, 1.82) is 0 Å². The summed E-state index contributed by atoms with van der Waals surface area (Å²) in [5.41, 5.74) is 3.12. The molecule has 1 aliphatic rings. The first-order valence-electron chi connectivity index (χ1n) is 7.25. The van der Waals surface area contributed by atoms with Crippen molar-refractivity contribution in [3.63, 3.8) is 0 Å². The fourth-order valence-electron chi connectivity index (χ4n) is 2.74. The van der Waals surface area contributed by atoms with Gasteiger partial charge in [-0.05, 0) is 24.3 Å². The number of nitrogens with zero attached hydrogens (tertiary/aromatic N) is 3. The number of hydrogen-bond acceptors (Lipinski definition) is 4. The molecule has 0 spiro atoms. The van der Waals surface area contributed by atoms with E-state index in [0.717, 1.165) is 54.2 Å². The molecule has 0 amide bonds. The van der Waals surface area contributed by atoms with E-state index in [2.05, 4.69) is 43.4 Å². The minimum absolute atomic E-state index is 0. The van der Waals surface area contributed by atoms with Crippen LogP contribution in [0, 0.1) is 0 Å². The standard InChI is InChI=1S/C16H17N5.ClH/c1-2-15(21-7-5-17-6-8-21)19-10-13(1)14-9-12-3-4-18-16(12)20-11-14;/h1-4,9-11,17H,5-8H2,(H,18,20);1H. The molecule has 6 heteroatoms. The molecular formula is C16H18ClN5. The van der Waals surface area contributed by atoms with Crippen LogP contribution in [0.3, 0.4) is 0 Å². The first kappa shape index (κ1) is 14.8. The van der Waals surface area contributed by atoms with Crippen LogP contribution < -0.4 is 10.2 Å². The van der Waals surface area contributed by atoms with Crippen LogP contribution in [0.15, 0.2) is 42.9 Å². The molecule has 3 aromatic rings. The Labute approximate surface area is 135 Å². The maximum absolute atomic E-state index is 4.61. The third-order valence-corrected chi connectivity index (χ3v) is 3.92. The maximum Gasteiger partial charge on any atom is 0.137 e. The van der Waals surface area contributed by atoms with Gasteiger partial charge in [-0.25, -0.2) is 9.97 Å². The molecule has 0 unspecified atom stereocenters. The molecule has 4 rings (SSSR count). The zero-order chi connectivity index (χ0) is 14.1. The molecule has 114 valence electrons. The number of H-pyrrole nitrogens is 1. The summed E-state index contributed by atoms with van der Waals surface area (Å²) < 4.78 is 0. The number of nitrogens with one attached hydrogen (secondary N) is 2. The lowest BCUT2D eigenvalue weighted by atomic mass is 10.1. The number of rotatable bonds is 2. The molecule has 0 saturated carbocycles. The average Bonchev–Trinajstić information content (AvgIpc) is 3.03. The van der Waals surface area contributed by atoms with Crippen LogP contribution in [0.25, 0.3) is 22.2 Å². The molecule has 0 atom stereocenters. The Hall–Kier alpha value is -2.11. The second-order valence-electron chi connectivity index (χ2n) is 5.28. The second-order valence-corrected chi connectivity index (χ2v) is 5.28. The van der Waals surface area contributed by atoms with E-state index in [9.17, 15) is 0 Å². The van der Waals surface area contributed by atoms with Gasteiger partial charge in [-0.1, -0.05) is 0 Å². The number of pyridine rings is 2. The quantitative estimate of drug-likeness (QED) is 0.763. The van der Waals surface area contributed by atoms with Crippen molar-refractivity contribution in [1.82, 2.24) is 20.3 Å². The van der Waals surface area contributed by atoms with Gasteiger partial charge >= 0.3 is 0 Å². The summed E-state index contributed by atoms with van der Waals surface area (Å²) in [7, 11) is 0. The van der Waals surface area contributed by atoms with Crippen LogP contribution in [-0.2, 0) is 0 Å².